The molecule has 0 aliphatic carbocycles. The fraction of sp³-hybridized carbons (Fsp3) is 0.692. The van der Waals surface area contributed by atoms with E-state index in [-0.39, 0.29) is 24.6 Å². The molecule has 19 heavy (non-hydrogen) atoms. The van der Waals surface area contributed by atoms with Gasteiger partial charge in [0.05, 0.1) is 30.0 Å². The molecule has 108 valence electrons. The molecule has 6 nitrogen and oxygen atoms in total. The Morgan fingerprint density at radius 2 is 2.21 bits per heavy atom. The number of aliphatic hydroxyl groups is 1. The molecule has 0 aliphatic rings. The van der Waals surface area contributed by atoms with Crippen molar-refractivity contribution in [3.05, 3.63) is 18.0 Å². The zero-order chi connectivity index (χ0) is 14.6. The number of aliphatic hydroxyl groups excluding tert-OH is 1. The van der Waals surface area contributed by atoms with Gasteiger partial charge in [-0.1, -0.05) is 0 Å². The summed E-state index contributed by atoms with van der Waals surface area (Å²) in [6, 6.07) is 0. The summed E-state index contributed by atoms with van der Waals surface area (Å²) in [5.74, 6) is -0.161. The Balaban J connectivity index is 2.69. The minimum absolute atomic E-state index is 0.160. The van der Waals surface area contributed by atoms with E-state index >= 15 is 0 Å². The van der Waals surface area contributed by atoms with Gasteiger partial charge in [-0.3, -0.25) is 9.48 Å². The van der Waals surface area contributed by atoms with Crippen LogP contribution in [0.3, 0.4) is 0 Å². The second-order valence-electron chi connectivity index (χ2n) is 5.64. The van der Waals surface area contributed by atoms with Gasteiger partial charge in [0.25, 0.3) is 5.91 Å². The molecule has 0 radical (unpaired) electrons. The van der Waals surface area contributed by atoms with Crippen LogP contribution in [0.4, 0.5) is 0 Å². The van der Waals surface area contributed by atoms with Gasteiger partial charge in [-0.25, -0.2) is 0 Å². The van der Waals surface area contributed by atoms with Crippen molar-refractivity contribution in [2.75, 3.05) is 27.3 Å². The molecule has 0 bridgehead atoms. The van der Waals surface area contributed by atoms with Crippen LogP contribution in [-0.4, -0.2) is 59.1 Å². The van der Waals surface area contributed by atoms with Gasteiger partial charge >= 0.3 is 0 Å². The Morgan fingerprint density at radius 3 is 2.68 bits per heavy atom. The van der Waals surface area contributed by atoms with Crippen molar-refractivity contribution in [2.24, 2.45) is 0 Å². The van der Waals surface area contributed by atoms with Crippen molar-refractivity contribution in [1.29, 1.82) is 0 Å². The molecule has 1 amide bonds. The van der Waals surface area contributed by atoms with Crippen molar-refractivity contribution < 1.29 is 14.6 Å². The Bertz CT molecular complexity index is 423. The minimum Gasteiger partial charge on any atom is -0.389 e. The molecular weight excluding hydrogens is 246 g/mol. The Hall–Kier alpha value is -1.40. The molecule has 1 unspecified atom stereocenters. The number of hydrogen-bond acceptors (Lipinski definition) is 4. The van der Waals surface area contributed by atoms with Crippen LogP contribution in [0.2, 0.25) is 0 Å². The van der Waals surface area contributed by atoms with E-state index in [1.54, 1.807) is 24.1 Å². The first kappa shape index (κ1) is 15.7. The van der Waals surface area contributed by atoms with Crippen molar-refractivity contribution in [3.8, 4) is 0 Å². The van der Waals surface area contributed by atoms with Gasteiger partial charge in [-0.05, 0) is 20.8 Å². The molecule has 0 aliphatic heterocycles. The molecule has 0 aromatic carbocycles. The average molecular weight is 269 g/mol. The molecule has 1 N–H and O–H groups in total. The van der Waals surface area contributed by atoms with Crippen LogP contribution in [0.25, 0.3) is 0 Å². The molecule has 1 atom stereocenters. The first-order valence-corrected chi connectivity index (χ1v) is 6.23. The molecule has 1 rings (SSSR count). The summed E-state index contributed by atoms with van der Waals surface area (Å²) >= 11 is 0. The van der Waals surface area contributed by atoms with Crippen LogP contribution in [0.5, 0.6) is 0 Å². The summed E-state index contributed by atoms with van der Waals surface area (Å²) in [5, 5.41) is 13.8. The van der Waals surface area contributed by atoms with Crippen molar-refractivity contribution in [2.45, 2.75) is 32.4 Å². The summed E-state index contributed by atoms with van der Waals surface area (Å²) < 4.78 is 6.58. The number of carbonyl (C=O) groups excluding carboxylic acids is 1. The second kappa shape index (κ2) is 6.16. The number of carbonyl (C=O) groups is 1. The van der Waals surface area contributed by atoms with Gasteiger partial charge in [0.2, 0.25) is 0 Å². The number of nitrogens with zero attached hydrogens (tertiary/aromatic N) is 3. The van der Waals surface area contributed by atoms with Crippen molar-refractivity contribution in [3.63, 3.8) is 0 Å². The quantitative estimate of drug-likeness (QED) is 0.855. The minimum atomic E-state index is -0.684. The zero-order valence-corrected chi connectivity index (χ0v) is 12.3. The maximum Gasteiger partial charge on any atom is 0.256 e. The van der Waals surface area contributed by atoms with Gasteiger partial charge in [0.15, 0.2) is 0 Å². The number of hydrogen-bond donors (Lipinski definition) is 1. The van der Waals surface area contributed by atoms with E-state index in [4.69, 9.17) is 4.74 Å². The Labute approximate surface area is 114 Å². The van der Waals surface area contributed by atoms with Crippen LogP contribution in [-0.2, 0) is 10.3 Å². The fourth-order valence-corrected chi connectivity index (χ4v) is 1.66. The van der Waals surface area contributed by atoms with Crippen LogP contribution >= 0.6 is 0 Å². The van der Waals surface area contributed by atoms with E-state index in [0.29, 0.717) is 5.56 Å². The van der Waals surface area contributed by atoms with Gasteiger partial charge in [-0.15, -0.1) is 0 Å². The van der Waals surface area contributed by atoms with E-state index < -0.39 is 6.10 Å². The second-order valence-corrected chi connectivity index (χ2v) is 5.64. The van der Waals surface area contributed by atoms with Crippen LogP contribution < -0.4 is 0 Å². The predicted molar refractivity (Wildman–Crippen MR) is 72.1 cm³/mol. The zero-order valence-electron chi connectivity index (χ0n) is 12.3. The maximum atomic E-state index is 12.1. The number of amides is 1. The van der Waals surface area contributed by atoms with E-state index in [1.165, 1.54) is 12.0 Å². The number of likely N-dealkylation sites (N-methyl/N-ethyl adjacent to an activating group) is 1. The molecule has 1 aromatic rings. The molecule has 0 saturated heterocycles. The SMILES string of the molecule is COCC(O)CN(C)C(=O)c1cnn(C(C)(C)C)c1. The van der Waals surface area contributed by atoms with E-state index in [2.05, 4.69) is 5.10 Å². The number of ether oxygens (including phenoxy) is 1. The first-order chi connectivity index (χ1) is 8.75. The largest absolute Gasteiger partial charge is 0.389 e. The summed E-state index contributed by atoms with van der Waals surface area (Å²) in [6.07, 6.45) is 2.59. The molecule has 1 heterocycles. The smallest absolute Gasteiger partial charge is 0.256 e. The monoisotopic (exact) mass is 269 g/mol. The topological polar surface area (TPSA) is 67.6 Å². The van der Waals surface area contributed by atoms with Crippen LogP contribution in [0, 0.1) is 0 Å². The molecule has 0 spiro atoms. The third-order valence-electron chi connectivity index (χ3n) is 2.71. The normalized spacial score (nSPS) is 13.4. The maximum absolute atomic E-state index is 12.1. The summed E-state index contributed by atoms with van der Waals surface area (Å²) in [4.78, 5) is 13.6. The summed E-state index contributed by atoms with van der Waals surface area (Å²) in [6.45, 7) is 6.48. The average Bonchev–Trinajstić information content (AvgIpc) is 2.76. The lowest BCUT2D eigenvalue weighted by molar-refractivity contribution is 0.0380. The molecule has 6 heteroatoms. The molecule has 0 saturated carbocycles. The van der Waals surface area contributed by atoms with Gasteiger partial charge in [-0.2, -0.15) is 5.10 Å². The number of methoxy groups -OCH3 is 1. The molecule has 0 fully saturated rings. The lowest BCUT2D eigenvalue weighted by Gasteiger charge is -2.20. The highest BCUT2D eigenvalue weighted by Gasteiger charge is 2.20. The standard InChI is InChI=1S/C13H23N3O3/c1-13(2,3)16-7-10(6-14-16)12(18)15(4)8-11(17)9-19-5/h6-7,11,17H,8-9H2,1-5H3. The third kappa shape index (κ3) is 4.33. The lowest BCUT2D eigenvalue weighted by Crippen LogP contribution is -2.36. The lowest BCUT2D eigenvalue weighted by atomic mass is 10.1. The molecule has 1 aromatic heterocycles. The highest BCUT2D eigenvalue weighted by Crippen LogP contribution is 2.14. The Morgan fingerprint density at radius 1 is 1.58 bits per heavy atom. The number of rotatable bonds is 5. The van der Waals surface area contributed by atoms with Crippen molar-refractivity contribution >= 4 is 5.91 Å². The van der Waals surface area contributed by atoms with Gasteiger partial charge < -0.3 is 14.7 Å². The highest BCUT2D eigenvalue weighted by atomic mass is 16.5. The summed E-state index contributed by atoms with van der Waals surface area (Å²) in [7, 11) is 3.16. The van der Waals surface area contributed by atoms with E-state index in [9.17, 15) is 9.90 Å². The highest BCUT2D eigenvalue weighted by molar-refractivity contribution is 5.93. The van der Waals surface area contributed by atoms with Crippen LogP contribution in [0.1, 0.15) is 31.1 Å². The van der Waals surface area contributed by atoms with E-state index in [0.717, 1.165) is 0 Å². The van der Waals surface area contributed by atoms with Gasteiger partial charge in [0, 0.05) is 26.9 Å². The summed E-state index contributed by atoms with van der Waals surface area (Å²) in [5.41, 5.74) is 0.356. The fourth-order valence-electron chi connectivity index (χ4n) is 1.66. The van der Waals surface area contributed by atoms with E-state index in [1.807, 2.05) is 20.8 Å². The Kier molecular flexibility index (Phi) is 5.08. The number of aromatic nitrogens is 2. The predicted octanol–water partition coefficient (Wildman–Crippen LogP) is 0.717. The van der Waals surface area contributed by atoms with Crippen molar-refractivity contribution in [1.82, 2.24) is 14.7 Å². The third-order valence-corrected chi connectivity index (χ3v) is 2.71. The molecular formula is C13H23N3O3. The van der Waals surface area contributed by atoms with Crippen LogP contribution in [0.15, 0.2) is 12.4 Å². The van der Waals surface area contributed by atoms with Gasteiger partial charge in [0.1, 0.15) is 0 Å². The first-order valence-electron chi connectivity index (χ1n) is 6.23.